The van der Waals surface area contributed by atoms with Gasteiger partial charge in [-0.2, -0.15) is 0 Å². The molecule has 1 aliphatic carbocycles. The molecule has 1 atom stereocenters. The first-order chi connectivity index (χ1) is 7.61. The summed E-state index contributed by atoms with van der Waals surface area (Å²) in [6.45, 7) is 0.795. The minimum Gasteiger partial charge on any atom is -0.468 e. The second-order valence-corrected chi connectivity index (χ2v) is 4.81. The van der Waals surface area contributed by atoms with Gasteiger partial charge in [0.1, 0.15) is 0 Å². The SMILES string of the molecule is COC(=O)CN(C)CC(O)CC1CCCC1. The van der Waals surface area contributed by atoms with Crippen LogP contribution in [-0.2, 0) is 9.53 Å². The third-order valence-corrected chi connectivity index (χ3v) is 3.23. The predicted octanol–water partition coefficient (Wildman–Crippen LogP) is 1.03. The molecule has 1 saturated carbocycles. The fourth-order valence-corrected chi connectivity index (χ4v) is 2.41. The molecule has 0 spiro atoms. The number of ether oxygens (including phenoxy) is 1. The van der Waals surface area contributed by atoms with Gasteiger partial charge in [-0.3, -0.25) is 9.69 Å². The van der Waals surface area contributed by atoms with Crippen molar-refractivity contribution in [1.29, 1.82) is 0 Å². The smallest absolute Gasteiger partial charge is 0.319 e. The van der Waals surface area contributed by atoms with Crippen LogP contribution in [0.2, 0.25) is 0 Å². The largest absolute Gasteiger partial charge is 0.468 e. The lowest BCUT2D eigenvalue weighted by Crippen LogP contribution is -2.34. The number of esters is 1. The monoisotopic (exact) mass is 229 g/mol. The van der Waals surface area contributed by atoms with Crippen molar-refractivity contribution < 1.29 is 14.6 Å². The molecule has 0 bridgehead atoms. The molecule has 0 aromatic carbocycles. The second kappa shape index (κ2) is 6.86. The Hall–Kier alpha value is -0.610. The lowest BCUT2D eigenvalue weighted by atomic mass is 10.00. The Labute approximate surface area is 97.6 Å². The van der Waals surface area contributed by atoms with Crippen molar-refractivity contribution in [2.75, 3.05) is 27.2 Å². The van der Waals surface area contributed by atoms with E-state index in [4.69, 9.17) is 0 Å². The Morgan fingerprint density at radius 3 is 2.69 bits per heavy atom. The predicted molar refractivity (Wildman–Crippen MR) is 62.1 cm³/mol. The summed E-state index contributed by atoms with van der Waals surface area (Å²) < 4.78 is 4.57. The Kier molecular flexibility index (Phi) is 5.77. The van der Waals surface area contributed by atoms with Crippen LogP contribution in [0.1, 0.15) is 32.1 Å². The zero-order chi connectivity index (χ0) is 12.0. The molecule has 0 aliphatic heterocycles. The van der Waals surface area contributed by atoms with Crippen LogP contribution >= 0.6 is 0 Å². The molecule has 0 heterocycles. The highest BCUT2D eigenvalue weighted by Crippen LogP contribution is 2.28. The molecule has 1 rings (SSSR count). The second-order valence-electron chi connectivity index (χ2n) is 4.81. The van der Waals surface area contributed by atoms with Gasteiger partial charge in [-0.15, -0.1) is 0 Å². The van der Waals surface area contributed by atoms with Gasteiger partial charge in [0, 0.05) is 6.54 Å². The van der Waals surface area contributed by atoms with E-state index in [0.29, 0.717) is 12.5 Å². The van der Waals surface area contributed by atoms with Gasteiger partial charge in [-0.05, 0) is 19.4 Å². The Bertz CT molecular complexity index is 214. The zero-order valence-electron chi connectivity index (χ0n) is 10.3. The van der Waals surface area contributed by atoms with Crippen molar-refractivity contribution in [3.63, 3.8) is 0 Å². The van der Waals surface area contributed by atoms with Gasteiger partial charge < -0.3 is 9.84 Å². The molecule has 1 unspecified atom stereocenters. The number of nitrogens with zero attached hydrogens (tertiary/aromatic N) is 1. The molecule has 4 nitrogen and oxygen atoms in total. The summed E-state index contributed by atoms with van der Waals surface area (Å²) in [6.07, 6.45) is 5.64. The van der Waals surface area contributed by atoms with Gasteiger partial charge in [-0.25, -0.2) is 0 Å². The van der Waals surface area contributed by atoms with Crippen LogP contribution in [0.3, 0.4) is 0 Å². The van der Waals surface area contributed by atoms with Crippen molar-refractivity contribution in [1.82, 2.24) is 4.90 Å². The summed E-state index contributed by atoms with van der Waals surface area (Å²) in [6, 6.07) is 0. The number of aliphatic hydroxyl groups excluding tert-OH is 1. The molecule has 0 saturated heterocycles. The fraction of sp³-hybridized carbons (Fsp3) is 0.917. The van der Waals surface area contributed by atoms with E-state index < -0.39 is 0 Å². The molecule has 1 N–H and O–H groups in total. The molecule has 0 radical (unpaired) electrons. The summed E-state index contributed by atoms with van der Waals surface area (Å²) in [5.74, 6) is 0.428. The summed E-state index contributed by atoms with van der Waals surface area (Å²) in [7, 11) is 3.21. The highest BCUT2D eigenvalue weighted by Gasteiger charge is 2.20. The standard InChI is InChI=1S/C12H23NO3/c1-13(9-12(15)16-2)8-11(14)7-10-5-3-4-6-10/h10-11,14H,3-9H2,1-2H3. The number of carbonyl (C=O) groups is 1. The van der Waals surface area contributed by atoms with E-state index in [0.717, 1.165) is 6.42 Å². The van der Waals surface area contributed by atoms with E-state index in [1.54, 1.807) is 0 Å². The molecule has 0 aromatic heterocycles. The lowest BCUT2D eigenvalue weighted by Gasteiger charge is -2.21. The Morgan fingerprint density at radius 1 is 1.50 bits per heavy atom. The Balaban J connectivity index is 2.16. The van der Waals surface area contributed by atoms with Gasteiger partial charge in [0.05, 0.1) is 19.8 Å². The van der Waals surface area contributed by atoms with Crippen molar-refractivity contribution in [2.45, 2.75) is 38.2 Å². The van der Waals surface area contributed by atoms with E-state index in [2.05, 4.69) is 4.74 Å². The third kappa shape index (κ3) is 4.94. The van der Waals surface area contributed by atoms with Crippen LogP contribution in [0, 0.1) is 5.92 Å². The van der Waals surface area contributed by atoms with Gasteiger partial charge in [-0.1, -0.05) is 25.7 Å². The number of hydrogen-bond donors (Lipinski definition) is 1. The average molecular weight is 229 g/mol. The first kappa shape index (κ1) is 13.5. The maximum Gasteiger partial charge on any atom is 0.319 e. The highest BCUT2D eigenvalue weighted by atomic mass is 16.5. The molecule has 1 aliphatic rings. The quantitative estimate of drug-likeness (QED) is 0.691. The zero-order valence-corrected chi connectivity index (χ0v) is 10.3. The average Bonchev–Trinajstić information content (AvgIpc) is 2.69. The molecular weight excluding hydrogens is 206 g/mol. The molecule has 94 valence electrons. The van der Waals surface area contributed by atoms with Crippen LogP contribution in [0.5, 0.6) is 0 Å². The molecule has 1 fully saturated rings. The number of hydrogen-bond acceptors (Lipinski definition) is 4. The van der Waals surface area contributed by atoms with Gasteiger partial charge in [0.15, 0.2) is 0 Å². The normalized spacial score (nSPS) is 19.0. The van der Waals surface area contributed by atoms with E-state index in [1.807, 2.05) is 11.9 Å². The maximum absolute atomic E-state index is 11.0. The minimum atomic E-state index is -0.322. The molecule has 0 amide bonds. The van der Waals surface area contributed by atoms with Crippen molar-refractivity contribution >= 4 is 5.97 Å². The van der Waals surface area contributed by atoms with E-state index in [9.17, 15) is 9.90 Å². The number of methoxy groups -OCH3 is 1. The summed E-state index contributed by atoms with van der Waals surface area (Å²) >= 11 is 0. The fourth-order valence-electron chi connectivity index (χ4n) is 2.41. The molecular formula is C12H23NO3. The number of likely N-dealkylation sites (N-methyl/N-ethyl adjacent to an activating group) is 1. The molecule has 16 heavy (non-hydrogen) atoms. The van der Waals surface area contributed by atoms with E-state index in [-0.39, 0.29) is 18.6 Å². The van der Waals surface area contributed by atoms with Crippen molar-refractivity contribution in [3.8, 4) is 0 Å². The van der Waals surface area contributed by atoms with Crippen molar-refractivity contribution in [3.05, 3.63) is 0 Å². The number of rotatable bonds is 6. The number of carbonyl (C=O) groups excluding carboxylic acids is 1. The first-order valence-electron chi connectivity index (χ1n) is 6.05. The first-order valence-corrected chi connectivity index (χ1v) is 6.05. The van der Waals surface area contributed by atoms with Crippen LogP contribution in [0.25, 0.3) is 0 Å². The number of aliphatic hydroxyl groups is 1. The Morgan fingerprint density at radius 2 is 2.12 bits per heavy atom. The lowest BCUT2D eigenvalue weighted by molar-refractivity contribution is -0.141. The van der Waals surface area contributed by atoms with Crippen LogP contribution in [-0.4, -0.2) is 49.3 Å². The van der Waals surface area contributed by atoms with E-state index in [1.165, 1.54) is 32.8 Å². The maximum atomic E-state index is 11.0. The topological polar surface area (TPSA) is 49.8 Å². The van der Waals surface area contributed by atoms with Gasteiger partial charge >= 0.3 is 5.97 Å². The summed E-state index contributed by atoms with van der Waals surface area (Å²) in [4.78, 5) is 12.8. The summed E-state index contributed by atoms with van der Waals surface area (Å²) in [5.41, 5.74) is 0. The van der Waals surface area contributed by atoms with Crippen molar-refractivity contribution in [2.24, 2.45) is 5.92 Å². The summed E-state index contributed by atoms with van der Waals surface area (Å²) in [5, 5.41) is 9.87. The third-order valence-electron chi connectivity index (χ3n) is 3.23. The molecule has 0 aromatic rings. The highest BCUT2D eigenvalue weighted by molar-refractivity contribution is 5.71. The van der Waals surface area contributed by atoms with Crippen LogP contribution in [0.4, 0.5) is 0 Å². The van der Waals surface area contributed by atoms with Gasteiger partial charge in [0.2, 0.25) is 0 Å². The van der Waals surface area contributed by atoms with Gasteiger partial charge in [0.25, 0.3) is 0 Å². The van der Waals surface area contributed by atoms with Crippen LogP contribution in [0.15, 0.2) is 0 Å². The molecule has 4 heteroatoms. The van der Waals surface area contributed by atoms with Crippen LogP contribution < -0.4 is 0 Å². The van der Waals surface area contributed by atoms with E-state index >= 15 is 0 Å². The minimum absolute atomic E-state index is 0.248.